The van der Waals surface area contributed by atoms with Gasteiger partial charge in [-0.2, -0.15) is 0 Å². The molecule has 3 aliphatic rings. The molecule has 49 heavy (non-hydrogen) atoms. The number of carbonyl (C=O) groups is 2. The molecule has 4 aromatic rings. The molecule has 0 radical (unpaired) electrons. The average molecular weight is 658 g/mol. The van der Waals surface area contributed by atoms with E-state index in [2.05, 4.69) is 24.9 Å². The topological polar surface area (TPSA) is 143 Å². The van der Waals surface area contributed by atoms with Crippen LogP contribution in [0.3, 0.4) is 0 Å². The zero-order valence-electron chi connectivity index (χ0n) is 27.2. The number of hydrogen-bond donors (Lipinski definition) is 2. The summed E-state index contributed by atoms with van der Waals surface area (Å²) in [4.78, 5) is 44.7. The van der Waals surface area contributed by atoms with Crippen molar-refractivity contribution in [3.63, 3.8) is 0 Å². The molecule has 248 valence electrons. The number of aromatic hydroxyl groups is 1. The molecule has 10 nitrogen and oxygen atoms in total. The molecule has 2 amide bonds. The lowest BCUT2D eigenvalue weighted by atomic mass is 9.57. The van der Waals surface area contributed by atoms with Crippen molar-refractivity contribution in [1.82, 2.24) is 4.98 Å². The Morgan fingerprint density at radius 3 is 2.55 bits per heavy atom. The molecule has 1 aromatic heterocycles. The first-order chi connectivity index (χ1) is 23.6. The summed E-state index contributed by atoms with van der Waals surface area (Å²) >= 11 is 0. The largest absolute Gasteiger partial charge is 0.507 e. The van der Waals surface area contributed by atoms with Gasteiger partial charge in [0.15, 0.2) is 0 Å². The van der Waals surface area contributed by atoms with Crippen molar-refractivity contribution in [2.45, 2.75) is 45.5 Å². The van der Waals surface area contributed by atoms with Crippen LogP contribution in [0.25, 0.3) is 22.4 Å². The summed E-state index contributed by atoms with van der Waals surface area (Å²) in [5, 5.41) is 34.7. The van der Waals surface area contributed by atoms with Crippen molar-refractivity contribution in [2.75, 3.05) is 4.90 Å². The highest BCUT2D eigenvalue weighted by Crippen LogP contribution is 2.53. The Morgan fingerprint density at radius 2 is 1.82 bits per heavy atom. The van der Waals surface area contributed by atoms with E-state index in [9.17, 15) is 29.8 Å². The third kappa shape index (κ3) is 5.93. The number of phenolic OH excluding ortho intramolecular Hbond substituents is 1. The van der Waals surface area contributed by atoms with Gasteiger partial charge in [0, 0.05) is 23.7 Å². The predicted molar refractivity (Wildman–Crippen MR) is 187 cm³/mol. The first-order valence-corrected chi connectivity index (χ1v) is 16.6. The van der Waals surface area contributed by atoms with Crippen LogP contribution in [0, 0.1) is 33.8 Å². The number of rotatable bonds is 8. The van der Waals surface area contributed by atoms with Gasteiger partial charge in [-0.15, -0.1) is 0 Å². The standard InChI is InChI=1S/C38H36BN3O7/c1-22(2)29-20-30-36(38(45)41(37(30)44)25-8-7-9-26(19-25)42(47)48)31-21-39(46)49-34(35(29)31)16-14-24(32-12-5-6-17-40-32)18-23-13-15-33(43)28-11-4-3-10-27(23)28/h3-13,15,17-19,22,30-31,34,36,43,46H,14,16,20-21H2,1-2H3/b24-18-/t30-,31+,34-,36-/m1/s1. The van der Waals surface area contributed by atoms with Crippen molar-refractivity contribution < 1.29 is 29.3 Å². The quantitative estimate of drug-likeness (QED) is 0.0691. The highest BCUT2D eigenvalue weighted by atomic mass is 16.6. The number of nitro groups is 1. The van der Waals surface area contributed by atoms with Crippen LogP contribution >= 0.6 is 0 Å². The summed E-state index contributed by atoms with van der Waals surface area (Å²) in [6.07, 6.45) is 4.88. The van der Waals surface area contributed by atoms with Crippen LogP contribution in [-0.2, 0) is 14.2 Å². The molecule has 2 N–H and O–H groups in total. The molecule has 0 unspecified atom stereocenters. The summed E-state index contributed by atoms with van der Waals surface area (Å²) in [5.74, 6) is -2.27. The molecular weight excluding hydrogens is 621 g/mol. The maximum absolute atomic E-state index is 14.1. The van der Waals surface area contributed by atoms with Crippen molar-refractivity contribution in [2.24, 2.45) is 23.7 Å². The van der Waals surface area contributed by atoms with Gasteiger partial charge in [-0.3, -0.25) is 24.7 Å². The van der Waals surface area contributed by atoms with Gasteiger partial charge >= 0.3 is 7.12 Å². The summed E-state index contributed by atoms with van der Waals surface area (Å²) in [6, 6.07) is 22.6. The zero-order valence-corrected chi connectivity index (χ0v) is 27.2. The summed E-state index contributed by atoms with van der Waals surface area (Å²) in [6.45, 7) is 4.13. The number of allylic oxidation sites excluding steroid dienone is 2. The maximum Gasteiger partial charge on any atom is 0.455 e. The number of imide groups is 1. The number of nitro benzene ring substituents is 1. The predicted octanol–water partition coefficient (Wildman–Crippen LogP) is 6.83. The van der Waals surface area contributed by atoms with Crippen molar-refractivity contribution in [3.05, 3.63) is 118 Å². The molecule has 2 fully saturated rings. The Bertz CT molecular complexity index is 2030. The number of hydrogen-bond acceptors (Lipinski definition) is 8. The van der Waals surface area contributed by atoms with Crippen LogP contribution < -0.4 is 4.90 Å². The van der Waals surface area contributed by atoms with Gasteiger partial charge in [0.2, 0.25) is 11.8 Å². The van der Waals surface area contributed by atoms with E-state index in [1.807, 2.05) is 48.5 Å². The van der Waals surface area contributed by atoms with Gasteiger partial charge in [-0.25, -0.2) is 4.90 Å². The first-order valence-electron chi connectivity index (χ1n) is 16.6. The molecule has 0 saturated carbocycles. The summed E-state index contributed by atoms with van der Waals surface area (Å²) in [5.41, 5.74) is 4.67. The highest BCUT2D eigenvalue weighted by Gasteiger charge is 2.58. The van der Waals surface area contributed by atoms with E-state index < -0.39 is 41.8 Å². The first kappa shape index (κ1) is 32.4. The Balaban J connectivity index is 1.24. The van der Waals surface area contributed by atoms with E-state index in [1.165, 1.54) is 18.2 Å². The van der Waals surface area contributed by atoms with Gasteiger partial charge in [0.25, 0.3) is 5.69 Å². The lowest BCUT2D eigenvalue weighted by Crippen LogP contribution is -2.46. The number of amides is 2. The number of fused-ring (bicyclic) bond motifs is 4. The van der Waals surface area contributed by atoms with Gasteiger partial charge in [0.1, 0.15) is 5.75 Å². The van der Waals surface area contributed by atoms with Crippen LogP contribution in [0.15, 0.2) is 96.2 Å². The number of anilines is 1. The highest BCUT2D eigenvalue weighted by molar-refractivity contribution is 6.43. The molecule has 1 aliphatic carbocycles. The van der Waals surface area contributed by atoms with E-state index >= 15 is 0 Å². The minimum absolute atomic E-state index is 0.0590. The van der Waals surface area contributed by atoms with Crippen LogP contribution in [0.1, 0.15) is 44.4 Å². The van der Waals surface area contributed by atoms with Crippen molar-refractivity contribution >= 4 is 52.7 Å². The zero-order chi connectivity index (χ0) is 34.4. The van der Waals surface area contributed by atoms with E-state index in [1.54, 1.807) is 18.3 Å². The Labute approximate surface area is 284 Å². The number of benzene rings is 3. The molecule has 7 rings (SSSR count). The third-order valence-electron chi connectivity index (χ3n) is 10.2. The molecule has 4 atom stereocenters. The fraction of sp³-hybridized carbons (Fsp3) is 0.289. The van der Waals surface area contributed by atoms with Crippen LogP contribution in [0.2, 0.25) is 6.32 Å². The van der Waals surface area contributed by atoms with Crippen LogP contribution in [-0.4, -0.2) is 45.1 Å². The lowest BCUT2D eigenvalue weighted by Gasteiger charge is -2.44. The molecule has 2 saturated heterocycles. The van der Waals surface area contributed by atoms with Gasteiger partial charge < -0.3 is 14.8 Å². The fourth-order valence-electron chi connectivity index (χ4n) is 7.98. The second kappa shape index (κ2) is 13.1. The monoisotopic (exact) mass is 657 g/mol. The van der Waals surface area contributed by atoms with Crippen LogP contribution in [0.4, 0.5) is 11.4 Å². The molecule has 3 aromatic carbocycles. The number of pyridine rings is 1. The summed E-state index contributed by atoms with van der Waals surface area (Å²) in [7, 11) is -1.14. The molecule has 11 heteroatoms. The van der Waals surface area contributed by atoms with E-state index in [0.717, 1.165) is 43.6 Å². The second-order valence-corrected chi connectivity index (χ2v) is 13.3. The minimum atomic E-state index is -1.14. The lowest BCUT2D eigenvalue weighted by molar-refractivity contribution is -0.384. The minimum Gasteiger partial charge on any atom is -0.507 e. The molecule has 3 heterocycles. The van der Waals surface area contributed by atoms with Gasteiger partial charge in [-0.1, -0.05) is 61.9 Å². The van der Waals surface area contributed by atoms with E-state index in [0.29, 0.717) is 19.3 Å². The number of non-ortho nitro benzene ring substituents is 1. The Hall–Kier alpha value is -5.13. The summed E-state index contributed by atoms with van der Waals surface area (Å²) < 4.78 is 6.25. The van der Waals surface area contributed by atoms with E-state index in [-0.39, 0.29) is 35.3 Å². The van der Waals surface area contributed by atoms with Gasteiger partial charge in [-0.05, 0) is 89.9 Å². The van der Waals surface area contributed by atoms with E-state index in [4.69, 9.17) is 4.65 Å². The smallest absolute Gasteiger partial charge is 0.455 e. The Kier molecular flexibility index (Phi) is 8.64. The van der Waals surface area contributed by atoms with Gasteiger partial charge in [0.05, 0.1) is 34.2 Å². The number of nitrogens with zero attached hydrogens (tertiary/aromatic N) is 3. The third-order valence-corrected chi connectivity index (χ3v) is 10.2. The number of aromatic nitrogens is 1. The molecule has 0 bridgehead atoms. The SMILES string of the molecule is CC(C)C1=C2[C@@H](CC/C(=C/c3ccc(O)c4ccccc34)c3ccccn3)OB(O)C[C@@H]2[C@@H]2C(=O)N(c3cccc([N+](=O)[O-])c3)C(=O)[C@@H]2C1. The second-order valence-electron chi connectivity index (χ2n) is 13.3. The molecule has 0 spiro atoms. The Morgan fingerprint density at radius 1 is 1.04 bits per heavy atom. The van der Waals surface area contributed by atoms with Crippen molar-refractivity contribution in [1.29, 1.82) is 0 Å². The number of carbonyl (C=O) groups excluding carboxylic acids is 2. The fourth-order valence-corrected chi connectivity index (χ4v) is 7.98. The van der Waals surface area contributed by atoms with Crippen molar-refractivity contribution in [3.8, 4) is 5.75 Å². The maximum atomic E-state index is 14.1. The molecule has 2 aliphatic heterocycles. The normalized spacial score (nSPS) is 22.6. The van der Waals surface area contributed by atoms with Crippen LogP contribution in [0.5, 0.6) is 5.75 Å². The number of phenols is 1. The molecular formula is C38H36BN3O7. The average Bonchev–Trinajstić information content (AvgIpc) is 3.36.